The number of aromatic nitrogens is 3. The van der Waals surface area contributed by atoms with Crippen LogP contribution in [0.25, 0.3) is 11.3 Å². The van der Waals surface area contributed by atoms with Crippen LogP contribution in [-0.2, 0) is 4.79 Å². The molecule has 0 radical (unpaired) electrons. The summed E-state index contributed by atoms with van der Waals surface area (Å²) in [5.74, 6) is 1.10. The van der Waals surface area contributed by atoms with Crippen molar-refractivity contribution in [2.75, 3.05) is 17.8 Å². The highest BCUT2D eigenvalue weighted by atomic mass is 79.9. The first-order valence-corrected chi connectivity index (χ1v) is 11.3. The van der Waals surface area contributed by atoms with Crippen LogP contribution in [0.5, 0.6) is 5.75 Å². The summed E-state index contributed by atoms with van der Waals surface area (Å²) in [5, 5.41) is 5.16. The van der Waals surface area contributed by atoms with E-state index < -0.39 is 6.17 Å². The number of hydrogen-bond acceptors (Lipinski definition) is 5. The zero-order chi connectivity index (χ0) is 22.1. The van der Waals surface area contributed by atoms with Crippen LogP contribution in [0, 0.1) is 0 Å². The van der Waals surface area contributed by atoms with Gasteiger partial charge in [-0.3, -0.25) is 14.6 Å². The minimum absolute atomic E-state index is 0.162. The molecule has 0 spiro atoms. The van der Waals surface area contributed by atoms with Crippen LogP contribution in [0.3, 0.4) is 0 Å². The molecule has 0 unspecified atom stereocenters. The lowest BCUT2D eigenvalue weighted by atomic mass is 10.0. The van der Waals surface area contributed by atoms with Crippen LogP contribution < -0.4 is 19.9 Å². The standard InChI is InChI=1S/C22H19BrN4O3S/c1-4-11-31-22-24-20(29)19-15-7-5-6-8-17(15)26(13(2)28)21(27(19)25-22)14-9-10-18(30-3)16(23)12-14/h4-10,12,21H,1,11H2,2-3H3/p+1/t21-/m0/s1. The molecule has 0 aliphatic carbocycles. The largest absolute Gasteiger partial charge is 0.496 e. The topological polar surface area (TPSA) is 79.2 Å². The van der Waals surface area contributed by atoms with Gasteiger partial charge < -0.3 is 4.74 Å². The van der Waals surface area contributed by atoms with Gasteiger partial charge in [-0.15, -0.1) is 6.58 Å². The van der Waals surface area contributed by atoms with Crippen molar-refractivity contribution in [3.63, 3.8) is 0 Å². The molecule has 3 aromatic rings. The number of thioether (sulfide) groups is 1. The van der Waals surface area contributed by atoms with Crippen LogP contribution in [-0.4, -0.2) is 28.9 Å². The summed E-state index contributed by atoms with van der Waals surface area (Å²) in [5.41, 5.74) is 2.21. The van der Waals surface area contributed by atoms with Gasteiger partial charge in [0.2, 0.25) is 11.1 Å². The van der Waals surface area contributed by atoms with Gasteiger partial charge in [-0.25, -0.2) is 4.90 Å². The maximum atomic E-state index is 13.1. The number of carbonyl (C=O) groups excluding carboxylic acids is 1. The van der Waals surface area contributed by atoms with Crippen LogP contribution >= 0.6 is 27.7 Å². The van der Waals surface area contributed by atoms with Crippen molar-refractivity contribution >= 4 is 39.3 Å². The Morgan fingerprint density at radius 2 is 2.16 bits per heavy atom. The first kappa shape index (κ1) is 21.3. The van der Waals surface area contributed by atoms with E-state index in [0.717, 1.165) is 10.0 Å². The minimum atomic E-state index is -0.644. The molecule has 2 aromatic carbocycles. The Morgan fingerprint density at radius 3 is 2.84 bits per heavy atom. The Labute approximate surface area is 191 Å². The monoisotopic (exact) mass is 499 g/mol. The Morgan fingerprint density at radius 1 is 1.39 bits per heavy atom. The lowest BCUT2D eigenvalue weighted by Gasteiger charge is -2.31. The van der Waals surface area contributed by atoms with Crippen molar-refractivity contribution < 1.29 is 14.2 Å². The summed E-state index contributed by atoms with van der Waals surface area (Å²) < 4.78 is 7.72. The quantitative estimate of drug-likeness (QED) is 0.329. The highest BCUT2D eigenvalue weighted by Crippen LogP contribution is 2.38. The van der Waals surface area contributed by atoms with E-state index in [1.807, 2.05) is 42.5 Å². The molecule has 2 heterocycles. The first-order chi connectivity index (χ1) is 15.0. The molecule has 7 nitrogen and oxygen atoms in total. The number of aromatic amines is 1. The molecule has 0 fully saturated rings. The number of hydrogen-bond donors (Lipinski definition) is 1. The van der Waals surface area contributed by atoms with E-state index in [1.54, 1.807) is 22.8 Å². The molecule has 0 bridgehead atoms. The van der Waals surface area contributed by atoms with Gasteiger partial charge in [-0.05, 0) is 50.9 Å². The normalized spacial score (nSPS) is 14.5. The molecule has 1 N–H and O–H groups in total. The van der Waals surface area contributed by atoms with Crippen molar-refractivity contribution in [2.45, 2.75) is 18.2 Å². The smallest absolute Gasteiger partial charge is 0.325 e. The number of carbonyl (C=O) groups is 1. The summed E-state index contributed by atoms with van der Waals surface area (Å²) >= 11 is 4.89. The highest BCUT2D eigenvalue weighted by molar-refractivity contribution is 9.10. The number of fused-ring (bicyclic) bond motifs is 3. The van der Waals surface area contributed by atoms with Crippen LogP contribution in [0.4, 0.5) is 5.69 Å². The fourth-order valence-electron chi connectivity index (χ4n) is 3.66. The maximum Gasteiger partial charge on any atom is 0.325 e. The fraction of sp³-hybridized carbons (Fsp3) is 0.182. The van der Waals surface area contributed by atoms with Crippen molar-refractivity contribution in [3.8, 4) is 17.0 Å². The summed E-state index contributed by atoms with van der Waals surface area (Å²) in [7, 11) is 1.59. The number of nitrogens with zero attached hydrogens (tertiary/aromatic N) is 3. The van der Waals surface area contributed by atoms with E-state index in [-0.39, 0.29) is 11.5 Å². The Hall–Kier alpha value is -2.91. The van der Waals surface area contributed by atoms with E-state index in [0.29, 0.717) is 33.6 Å². The molecular weight excluding hydrogens is 480 g/mol. The number of H-pyrrole nitrogens is 1. The number of methoxy groups -OCH3 is 1. The van der Waals surface area contributed by atoms with Gasteiger partial charge in [0.15, 0.2) is 0 Å². The minimum Gasteiger partial charge on any atom is -0.496 e. The van der Waals surface area contributed by atoms with Gasteiger partial charge >= 0.3 is 11.3 Å². The van der Waals surface area contributed by atoms with Gasteiger partial charge in [0.25, 0.3) is 6.17 Å². The number of benzene rings is 2. The molecule has 0 saturated carbocycles. The third-order valence-electron chi connectivity index (χ3n) is 4.91. The van der Waals surface area contributed by atoms with Gasteiger partial charge in [0.1, 0.15) is 5.75 Å². The maximum absolute atomic E-state index is 13.1. The number of anilines is 1. The predicted molar refractivity (Wildman–Crippen MR) is 123 cm³/mol. The van der Waals surface area contributed by atoms with Crippen molar-refractivity contribution in [1.82, 2.24) is 10.1 Å². The van der Waals surface area contributed by atoms with Crippen molar-refractivity contribution in [2.24, 2.45) is 0 Å². The predicted octanol–water partition coefficient (Wildman–Crippen LogP) is 3.69. The number of nitrogens with one attached hydrogen (secondary N) is 1. The molecule has 1 atom stereocenters. The average Bonchev–Trinajstić information content (AvgIpc) is 2.76. The molecule has 1 aromatic heterocycles. The molecule has 31 heavy (non-hydrogen) atoms. The van der Waals surface area contributed by atoms with Crippen molar-refractivity contribution in [3.05, 3.63) is 75.5 Å². The number of para-hydroxylation sites is 1. The first-order valence-electron chi connectivity index (χ1n) is 9.48. The summed E-state index contributed by atoms with van der Waals surface area (Å²) in [6.07, 6.45) is 1.10. The average molecular weight is 500 g/mol. The number of ether oxygens (including phenoxy) is 1. The second-order valence-corrected chi connectivity index (χ2v) is 8.69. The lowest BCUT2D eigenvalue weighted by Crippen LogP contribution is -2.60. The zero-order valence-electron chi connectivity index (χ0n) is 17.0. The Kier molecular flexibility index (Phi) is 5.97. The van der Waals surface area contributed by atoms with Crippen LogP contribution in [0.1, 0.15) is 18.7 Å². The number of rotatable bonds is 5. The van der Waals surface area contributed by atoms with Crippen molar-refractivity contribution in [1.29, 1.82) is 0 Å². The molecule has 4 rings (SSSR count). The number of halogens is 1. The van der Waals surface area contributed by atoms with Crippen LogP contribution in [0.2, 0.25) is 0 Å². The van der Waals surface area contributed by atoms with Gasteiger partial charge in [0, 0.05) is 23.3 Å². The van der Waals surface area contributed by atoms with E-state index >= 15 is 0 Å². The van der Waals surface area contributed by atoms with Gasteiger partial charge in [-0.2, -0.15) is 0 Å². The molecule has 1 aliphatic rings. The SMILES string of the molecule is C=CCSc1n[n+]2c(c(=O)[nH]1)-c1ccccc1N(C(C)=O)[C@@H]2c1ccc(OC)c(Br)c1. The molecule has 9 heteroatoms. The summed E-state index contributed by atoms with van der Waals surface area (Å²) in [6.45, 7) is 5.23. The van der Waals surface area contributed by atoms with Gasteiger partial charge in [0.05, 0.1) is 22.8 Å². The molecule has 1 aliphatic heterocycles. The molecule has 0 saturated heterocycles. The third-order valence-corrected chi connectivity index (χ3v) is 6.39. The second-order valence-electron chi connectivity index (χ2n) is 6.83. The molecule has 1 amide bonds. The molecular formula is C22H20BrN4O3S+. The van der Waals surface area contributed by atoms with Gasteiger partial charge in [-0.1, -0.05) is 30.0 Å². The lowest BCUT2D eigenvalue weighted by molar-refractivity contribution is -0.763. The Bertz CT molecular complexity index is 1240. The summed E-state index contributed by atoms with van der Waals surface area (Å²) in [4.78, 5) is 30.5. The second kappa shape index (κ2) is 8.68. The van der Waals surface area contributed by atoms with E-state index in [4.69, 9.17) is 9.84 Å². The molecule has 158 valence electrons. The number of amides is 1. The van der Waals surface area contributed by atoms with Crippen LogP contribution in [0.15, 0.2) is 69.5 Å². The third kappa shape index (κ3) is 3.79. The van der Waals surface area contributed by atoms with E-state index in [9.17, 15) is 9.59 Å². The zero-order valence-corrected chi connectivity index (χ0v) is 19.4. The fourth-order valence-corrected chi connectivity index (χ4v) is 4.80. The van der Waals surface area contributed by atoms with E-state index in [2.05, 4.69) is 27.5 Å². The van der Waals surface area contributed by atoms with E-state index in [1.165, 1.54) is 18.7 Å². The summed E-state index contributed by atoms with van der Waals surface area (Å²) in [6, 6.07) is 12.9. The Balaban J connectivity index is 2.02. The highest BCUT2D eigenvalue weighted by Gasteiger charge is 2.44.